The van der Waals surface area contributed by atoms with E-state index in [1.807, 2.05) is 6.07 Å². The fourth-order valence-corrected chi connectivity index (χ4v) is 1.65. The van der Waals surface area contributed by atoms with Crippen LogP contribution in [0.1, 0.15) is 21.5 Å². The van der Waals surface area contributed by atoms with Gasteiger partial charge in [-0.05, 0) is 35.9 Å². The van der Waals surface area contributed by atoms with Gasteiger partial charge in [0.2, 0.25) is 0 Å². The van der Waals surface area contributed by atoms with Gasteiger partial charge < -0.3 is 15.6 Å². The number of ether oxygens (including phenoxy) is 1. The molecule has 100 valence electrons. The number of hydrogen-bond acceptors (Lipinski definition) is 4. The topological polar surface area (TPSA) is 96.3 Å². The largest absolute Gasteiger partial charge is 0.487 e. The molecule has 20 heavy (non-hydrogen) atoms. The van der Waals surface area contributed by atoms with E-state index >= 15 is 0 Å². The Bertz CT molecular complexity index is 673. The molecule has 0 heterocycles. The number of carboxylic acids is 1. The second kappa shape index (κ2) is 5.76. The highest BCUT2D eigenvalue weighted by molar-refractivity contribution is 5.87. The van der Waals surface area contributed by atoms with Crippen molar-refractivity contribution in [1.82, 2.24) is 0 Å². The minimum absolute atomic E-state index is 0.228. The first-order chi connectivity index (χ1) is 9.60. The summed E-state index contributed by atoms with van der Waals surface area (Å²) in [5.74, 6) is -0.472. The van der Waals surface area contributed by atoms with Crippen molar-refractivity contribution < 1.29 is 14.6 Å². The van der Waals surface area contributed by atoms with Crippen LogP contribution in [-0.4, -0.2) is 11.1 Å². The van der Waals surface area contributed by atoms with Crippen LogP contribution in [-0.2, 0) is 6.61 Å². The molecule has 3 N–H and O–H groups in total. The number of nitrogens with zero attached hydrogens (tertiary/aromatic N) is 1. The Kier molecular flexibility index (Phi) is 3.87. The van der Waals surface area contributed by atoms with E-state index in [4.69, 9.17) is 20.8 Å². The van der Waals surface area contributed by atoms with Crippen molar-refractivity contribution in [2.45, 2.75) is 6.61 Å². The van der Waals surface area contributed by atoms with E-state index in [0.717, 1.165) is 5.56 Å². The molecular formula is C15H12N2O3. The van der Waals surface area contributed by atoms with Crippen LogP contribution in [0.2, 0.25) is 0 Å². The molecule has 0 aliphatic rings. The molecule has 5 nitrogen and oxygen atoms in total. The van der Waals surface area contributed by atoms with Gasteiger partial charge in [0.05, 0.1) is 22.9 Å². The molecular weight excluding hydrogens is 256 g/mol. The lowest BCUT2D eigenvalue weighted by Gasteiger charge is -2.09. The molecule has 0 spiro atoms. The van der Waals surface area contributed by atoms with Crippen LogP contribution in [0.5, 0.6) is 5.75 Å². The molecule has 2 aromatic carbocycles. The van der Waals surface area contributed by atoms with Crippen molar-refractivity contribution in [1.29, 1.82) is 5.26 Å². The SMILES string of the molecule is N#Cc1ccc(OCc2ccc(C(=O)O)cc2)c(N)c1. The average Bonchev–Trinajstić information content (AvgIpc) is 2.46. The summed E-state index contributed by atoms with van der Waals surface area (Å²) < 4.78 is 5.54. The second-order valence-corrected chi connectivity index (χ2v) is 4.16. The third kappa shape index (κ3) is 3.06. The van der Waals surface area contributed by atoms with Crippen LogP contribution in [0.3, 0.4) is 0 Å². The molecule has 0 bridgehead atoms. The summed E-state index contributed by atoms with van der Waals surface area (Å²) in [5, 5.41) is 17.5. The Morgan fingerprint density at radius 2 is 1.95 bits per heavy atom. The highest BCUT2D eigenvalue weighted by atomic mass is 16.5. The first-order valence-corrected chi connectivity index (χ1v) is 5.85. The Morgan fingerprint density at radius 3 is 2.50 bits per heavy atom. The molecule has 0 saturated carbocycles. The van der Waals surface area contributed by atoms with Gasteiger partial charge in [-0.25, -0.2) is 4.79 Å². The molecule has 0 unspecified atom stereocenters. The summed E-state index contributed by atoms with van der Waals surface area (Å²) >= 11 is 0. The zero-order valence-corrected chi connectivity index (χ0v) is 10.5. The molecule has 2 rings (SSSR count). The minimum atomic E-state index is -0.964. The Labute approximate surface area is 115 Å². The molecule has 0 fully saturated rings. The van der Waals surface area contributed by atoms with Gasteiger partial charge in [0, 0.05) is 0 Å². The van der Waals surface area contributed by atoms with E-state index in [-0.39, 0.29) is 12.2 Å². The number of anilines is 1. The lowest BCUT2D eigenvalue weighted by molar-refractivity contribution is 0.0697. The van der Waals surface area contributed by atoms with Gasteiger partial charge in [-0.2, -0.15) is 5.26 Å². The first kappa shape index (κ1) is 13.4. The Hall–Kier alpha value is -3.00. The van der Waals surface area contributed by atoms with Gasteiger partial charge in [0.1, 0.15) is 12.4 Å². The van der Waals surface area contributed by atoms with Crippen molar-refractivity contribution in [2.24, 2.45) is 0 Å². The quantitative estimate of drug-likeness (QED) is 0.830. The molecule has 0 amide bonds. The molecule has 5 heteroatoms. The summed E-state index contributed by atoms with van der Waals surface area (Å²) in [4.78, 5) is 10.7. The van der Waals surface area contributed by atoms with Crippen molar-refractivity contribution in [3.8, 4) is 11.8 Å². The van der Waals surface area contributed by atoms with Crippen LogP contribution in [0.15, 0.2) is 42.5 Å². The van der Waals surface area contributed by atoms with Crippen molar-refractivity contribution >= 4 is 11.7 Å². The van der Waals surface area contributed by atoms with Gasteiger partial charge in [-0.15, -0.1) is 0 Å². The maximum Gasteiger partial charge on any atom is 0.335 e. The maximum absolute atomic E-state index is 10.7. The van der Waals surface area contributed by atoms with E-state index in [0.29, 0.717) is 17.0 Å². The molecule has 0 atom stereocenters. The number of hydrogen-bond donors (Lipinski definition) is 2. The van der Waals surface area contributed by atoms with Gasteiger partial charge in [-0.3, -0.25) is 0 Å². The van der Waals surface area contributed by atoms with E-state index < -0.39 is 5.97 Å². The predicted octanol–water partition coefficient (Wildman–Crippen LogP) is 2.42. The van der Waals surface area contributed by atoms with Gasteiger partial charge in [0.15, 0.2) is 0 Å². The first-order valence-electron chi connectivity index (χ1n) is 5.85. The van der Waals surface area contributed by atoms with E-state index in [9.17, 15) is 4.79 Å². The number of carbonyl (C=O) groups is 1. The number of nitrogen functional groups attached to an aromatic ring is 1. The molecule has 0 saturated heterocycles. The number of benzene rings is 2. The summed E-state index contributed by atoms with van der Waals surface area (Å²) in [6.07, 6.45) is 0. The van der Waals surface area contributed by atoms with E-state index in [1.165, 1.54) is 12.1 Å². The number of carboxylic acid groups (broad SMARTS) is 1. The third-order valence-corrected chi connectivity index (χ3v) is 2.73. The van der Waals surface area contributed by atoms with Crippen LogP contribution in [0.4, 0.5) is 5.69 Å². The standard InChI is InChI=1S/C15H12N2O3/c16-8-11-3-6-14(13(17)7-11)20-9-10-1-4-12(5-2-10)15(18)19/h1-7H,9,17H2,(H,18,19). The highest BCUT2D eigenvalue weighted by Crippen LogP contribution is 2.23. The van der Waals surface area contributed by atoms with Gasteiger partial charge in [-0.1, -0.05) is 12.1 Å². The molecule has 2 aromatic rings. The zero-order valence-electron chi connectivity index (χ0n) is 10.5. The monoisotopic (exact) mass is 268 g/mol. The van der Waals surface area contributed by atoms with Crippen LogP contribution >= 0.6 is 0 Å². The van der Waals surface area contributed by atoms with Crippen LogP contribution in [0.25, 0.3) is 0 Å². The third-order valence-electron chi connectivity index (χ3n) is 2.73. The average molecular weight is 268 g/mol. The van der Waals surface area contributed by atoms with Crippen molar-refractivity contribution in [2.75, 3.05) is 5.73 Å². The minimum Gasteiger partial charge on any atom is -0.487 e. The Morgan fingerprint density at radius 1 is 1.25 bits per heavy atom. The molecule has 0 radical (unpaired) electrons. The second-order valence-electron chi connectivity index (χ2n) is 4.16. The van der Waals surface area contributed by atoms with Crippen molar-refractivity contribution in [3.05, 3.63) is 59.2 Å². The summed E-state index contributed by atoms with van der Waals surface area (Å²) in [5.41, 5.74) is 7.70. The smallest absolute Gasteiger partial charge is 0.335 e. The molecule has 0 aliphatic heterocycles. The van der Waals surface area contributed by atoms with E-state index in [1.54, 1.807) is 30.3 Å². The lowest BCUT2D eigenvalue weighted by atomic mass is 10.1. The highest BCUT2D eigenvalue weighted by Gasteiger charge is 2.04. The summed E-state index contributed by atoms with van der Waals surface area (Å²) in [7, 11) is 0. The summed E-state index contributed by atoms with van der Waals surface area (Å²) in [6, 6.07) is 13.2. The number of nitriles is 1. The zero-order chi connectivity index (χ0) is 14.5. The summed E-state index contributed by atoms with van der Waals surface area (Å²) in [6.45, 7) is 0.274. The lowest BCUT2D eigenvalue weighted by Crippen LogP contribution is -2.00. The fraction of sp³-hybridized carbons (Fsp3) is 0.0667. The molecule has 0 aromatic heterocycles. The number of nitrogens with two attached hydrogens (primary N) is 1. The normalized spacial score (nSPS) is 9.75. The number of rotatable bonds is 4. The van der Waals surface area contributed by atoms with Crippen molar-refractivity contribution in [3.63, 3.8) is 0 Å². The fourth-order valence-electron chi connectivity index (χ4n) is 1.65. The van der Waals surface area contributed by atoms with Crippen LogP contribution in [0, 0.1) is 11.3 Å². The Balaban J connectivity index is 2.05. The van der Waals surface area contributed by atoms with Gasteiger partial charge >= 0.3 is 5.97 Å². The number of aromatic carboxylic acids is 1. The maximum atomic E-state index is 10.7. The molecule has 0 aliphatic carbocycles. The van der Waals surface area contributed by atoms with Gasteiger partial charge in [0.25, 0.3) is 0 Å². The van der Waals surface area contributed by atoms with E-state index in [2.05, 4.69) is 0 Å². The predicted molar refractivity (Wildman–Crippen MR) is 73.3 cm³/mol. The van der Waals surface area contributed by atoms with Crippen LogP contribution < -0.4 is 10.5 Å².